The predicted molar refractivity (Wildman–Crippen MR) is 177 cm³/mol. The Labute approximate surface area is 286 Å². The summed E-state index contributed by atoms with van der Waals surface area (Å²) < 4.78 is 22.9. The number of carboxylic acid groups (broad SMARTS) is 2. The molecular weight excluding hydrogens is 670 g/mol. The zero-order chi connectivity index (χ0) is 38.7. The summed E-state index contributed by atoms with van der Waals surface area (Å²) in [6.45, 7) is 10.6. The standard InChI is InChI=1S/C8H14O4.C7H12O5.C6H8O4.4CH4O.2CH4.BH2O2P/c1-4-5(2)8(11)12-6(3)7(9)10;1-4(6(8)9)12-7(10)5(2)11-3;1-3-5(7)10-4(2)6(8)9-3;4*1-2;;;1-4(2)3/h5-6H,4H2,1-3H3,(H,9,10);4-5H,1-3H3,(H,8,9);3-4H,1-2H3;4*2H,1H3;2*1H4;2-3H. The minimum absolute atomic E-state index is 0. The van der Waals surface area contributed by atoms with Crippen molar-refractivity contribution in [3.63, 3.8) is 0 Å². The minimum Gasteiger partial charge on any atom is -0.479 e. The van der Waals surface area contributed by atoms with E-state index in [4.69, 9.17) is 40.4 Å². The van der Waals surface area contributed by atoms with Crippen molar-refractivity contribution in [1.29, 1.82) is 0 Å². The molecule has 1 heterocycles. The normalized spacial score (nSPS) is 15.6. The first-order valence-corrected chi connectivity index (χ1v) is 14.2. The van der Waals surface area contributed by atoms with Gasteiger partial charge >= 0.3 is 35.8 Å². The number of rotatable bonds is 8. The SMILES string of the molecule is C.C.CC1OC(=O)C(C)OC1=O.CCC(C)C(=O)OC(C)C(=O)O.CO.CO.CO.CO.COC(C)C(=O)OC(C)C(=O)O.[B]P(O)O. The molecule has 1 aliphatic heterocycles. The van der Waals surface area contributed by atoms with Crippen molar-refractivity contribution in [1.82, 2.24) is 0 Å². The van der Waals surface area contributed by atoms with E-state index in [0.717, 1.165) is 28.4 Å². The highest BCUT2D eigenvalue weighted by Crippen LogP contribution is 2.10. The lowest BCUT2D eigenvalue weighted by Crippen LogP contribution is -2.40. The second-order valence-corrected chi connectivity index (χ2v) is 8.14. The molecule has 0 aliphatic carbocycles. The fourth-order valence-corrected chi connectivity index (χ4v) is 1.56. The molecular formula is C27H60BO19P. The summed E-state index contributed by atoms with van der Waals surface area (Å²) >= 11 is 0. The molecule has 1 aliphatic rings. The van der Waals surface area contributed by atoms with Gasteiger partial charge in [-0.05, 0) is 41.0 Å². The molecule has 21 heteroatoms. The molecule has 8 N–H and O–H groups in total. The lowest BCUT2D eigenvalue weighted by atomic mass is 10.1. The fourth-order valence-electron chi connectivity index (χ4n) is 1.56. The Morgan fingerprint density at radius 1 is 0.708 bits per heavy atom. The van der Waals surface area contributed by atoms with Crippen LogP contribution in [0, 0.1) is 5.92 Å². The summed E-state index contributed by atoms with van der Waals surface area (Å²) in [7, 11) is 7.51. The van der Waals surface area contributed by atoms with Crippen molar-refractivity contribution >= 4 is 51.6 Å². The number of ether oxygens (including phenoxy) is 5. The Hall–Kier alpha value is -2.97. The molecule has 290 valence electrons. The molecule has 48 heavy (non-hydrogen) atoms. The summed E-state index contributed by atoms with van der Waals surface area (Å²) in [4.78, 5) is 78.6. The topological polar surface area (TPSA) is 310 Å². The first-order chi connectivity index (χ1) is 21.3. The van der Waals surface area contributed by atoms with Gasteiger partial charge < -0.3 is 64.1 Å². The summed E-state index contributed by atoms with van der Waals surface area (Å²) in [6.07, 6.45) is -3.74. The number of aliphatic hydroxyl groups is 4. The number of hydrogen-bond acceptors (Lipinski definition) is 17. The van der Waals surface area contributed by atoms with E-state index >= 15 is 0 Å². The third-order valence-electron chi connectivity index (χ3n) is 4.23. The van der Waals surface area contributed by atoms with Crippen molar-refractivity contribution in [3.05, 3.63) is 0 Å². The molecule has 1 saturated heterocycles. The molecule has 0 bridgehead atoms. The first-order valence-electron chi connectivity index (χ1n) is 12.8. The number of aliphatic carboxylic acids is 2. The number of carboxylic acids is 2. The molecule has 1 rings (SSSR count). The van der Waals surface area contributed by atoms with Crippen LogP contribution in [0.2, 0.25) is 0 Å². The molecule has 1 fully saturated rings. The molecule has 0 aromatic carbocycles. The van der Waals surface area contributed by atoms with E-state index in [1.807, 2.05) is 6.92 Å². The predicted octanol–water partition coefficient (Wildman–Crippen LogP) is 0.0224. The van der Waals surface area contributed by atoms with Crippen LogP contribution in [-0.4, -0.2) is 150 Å². The number of aliphatic hydroxyl groups excluding tert-OH is 4. The molecule has 6 atom stereocenters. The van der Waals surface area contributed by atoms with Crippen LogP contribution in [0.3, 0.4) is 0 Å². The highest BCUT2D eigenvalue weighted by Gasteiger charge is 2.32. The van der Waals surface area contributed by atoms with Gasteiger partial charge in [0.15, 0.2) is 38.1 Å². The minimum atomic E-state index is -2.12. The average Bonchev–Trinajstić information content (AvgIpc) is 3.03. The number of esters is 4. The number of carbonyl (C=O) groups is 6. The summed E-state index contributed by atoms with van der Waals surface area (Å²) in [5.41, 5.74) is 0. The van der Waals surface area contributed by atoms with E-state index in [-0.39, 0.29) is 20.8 Å². The zero-order valence-electron chi connectivity index (χ0n) is 28.3. The number of cyclic esters (lactones) is 2. The summed E-state index contributed by atoms with van der Waals surface area (Å²) in [5.74, 6) is -4.61. The molecule has 0 amide bonds. The van der Waals surface area contributed by atoms with E-state index in [1.54, 1.807) is 6.92 Å². The van der Waals surface area contributed by atoms with Crippen LogP contribution in [-0.2, 0) is 52.5 Å². The van der Waals surface area contributed by atoms with Crippen LogP contribution < -0.4 is 0 Å². The van der Waals surface area contributed by atoms with Crippen LogP contribution in [0.5, 0.6) is 0 Å². The first kappa shape index (κ1) is 67.3. The monoisotopic (exact) mass is 730 g/mol. The molecule has 6 unspecified atom stereocenters. The van der Waals surface area contributed by atoms with E-state index in [0.29, 0.717) is 6.42 Å². The molecule has 2 radical (unpaired) electrons. The second kappa shape index (κ2) is 46.2. The Kier molecular flexibility index (Phi) is 64.7. The van der Waals surface area contributed by atoms with Crippen LogP contribution >= 0.6 is 8.25 Å². The van der Waals surface area contributed by atoms with E-state index in [2.05, 4.69) is 31.3 Å². The van der Waals surface area contributed by atoms with Crippen molar-refractivity contribution in [2.45, 2.75) is 100 Å². The Morgan fingerprint density at radius 3 is 1.17 bits per heavy atom. The third-order valence-corrected chi connectivity index (χ3v) is 4.23. The van der Waals surface area contributed by atoms with E-state index in [1.165, 1.54) is 41.7 Å². The highest BCUT2D eigenvalue weighted by atomic mass is 31.2. The number of hydrogen-bond donors (Lipinski definition) is 8. The maximum absolute atomic E-state index is 11.0. The Morgan fingerprint density at radius 2 is 0.958 bits per heavy atom. The van der Waals surface area contributed by atoms with Gasteiger partial charge in [0.05, 0.1) is 14.2 Å². The van der Waals surface area contributed by atoms with Gasteiger partial charge in [-0.25, -0.2) is 24.0 Å². The van der Waals surface area contributed by atoms with E-state index < -0.39 is 74.6 Å². The van der Waals surface area contributed by atoms with Crippen LogP contribution in [0.4, 0.5) is 0 Å². The smallest absolute Gasteiger partial charge is 0.347 e. The largest absolute Gasteiger partial charge is 0.479 e. The van der Waals surface area contributed by atoms with Crippen molar-refractivity contribution < 1.29 is 92.9 Å². The number of carbonyl (C=O) groups excluding carboxylic acids is 4. The maximum atomic E-state index is 11.0. The second-order valence-electron chi connectivity index (χ2n) is 7.50. The maximum Gasteiger partial charge on any atom is 0.347 e. The van der Waals surface area contributed by atoms with E-state index in [9.17, 15) is 28.8 Å². The van der Waals surface area contributed by atoms with Gasteiger partial charge in [-0.1, -0.05) is 28.7 Å². The highest BCUT2D eigenvalue weighted by molar-refractivity contribution is 7.72. The van der Waals surface area contributed by atoms with Gasteiger partial charge in [0.2, 0.25) is 0 Å². The van der Waals surface area contributed by atoms with Gasteiger partial charge in [0, 0.05) is 35.5 Å². The Balaban J connectivity index is -0.0000000574. The van der Waals surface area contributed by atoms with Crippen molar-refractivity contribution in [3.8, 4) is 0 Å². The van der Waals surface area contributed by atoms with Gasteiger partial charge in [-0.15, -0.1) is 0 Å². The lowest BCUT2D eigenvalue weighted by molar-refractivity contribution is -0.191. The molecule has 0 spiro atoms. The van der Waals surface area contributed by atoms with Crippen LogP contribution in [0.25, 0.3) is 0 Å². The molecule has 0 aromatic rings. The third kappa shape index (κ3) is 45.2. The lowest BCUT2D eigenvalue weighted by Gasteiger charge is -2.22. The number of methoxy groups -OCH3 is 1. The van der Waals surface area contributed by atoms with Crippen molar-refractivity contribution in [2.75, 3.05) is 35.5 Å². The van der Waals surface area contributed by atoms with Crippen LogP contribution in [0.1, 0.15) is 69.7 Å². The molecule has 19 nitrogen and oxygen atoms in total. The Bertz CT molecular complexity index is 723. The average molecular weight is 731 g/mol. The molecule has 0 saturated carbocycles. The quantitative estimate of drug-likeness (QED) is 0.0706. The van der Waals surface area contributed by atoms with Gasteiger partial charge in [-0.3, -0.25) is 4.79 Å². The fraction of sp³-hybridized carbons (Fsp3) is 0.778. The van der Waals surface area contributed by atoms with Crippen molar-refractivity contribution in [2.24, 2.45) is 5.92 Å². The van der Waals surface area contributed by atoms with Gasteiger partial charge in [0.1, 0.15) is 0 Å². The van der Waals surface area contributed by atoms with Gasteiger partial charge in [0.25, 0.3) is 0 Å². The molecule has 0 aromatic heterocycles. The van der Waals surface area contributed by atoms with Crippen LogP contribution in [0.15, 0.2) is 0 Å². The van der Waals surface area contributed by atoms with Gasteiger partial charge in [-0.2, -0.15) is 0 Å². The summed E-state index contributed by atoms with van der Waals surface area (Å²) in [5, 5.41) is 44.8. The zero-order valence-corrected chi connectivity index (χ0v) is 29.2. The summed E-state index contributed by atoms with van der Waals surface area (Å²) in [6, 6.07) is 0.